The summed E-state index contributed by atoms with van der Waals surface area (Å²) >= 11 is 0. The lowest BCUT2D eigenvalue weighted by molar-refractivity contribution is 0.0322. The van der Waals surface area contributed by atoms with Gasteiger partial charge in [-0.05, 0) is 37.1 Å². The number of hydrogen-bond acceptors (Lipinski definition) is 7. The number of ether oxygens (including phenoxy) is 2. The fourth-order valence-corrected chi connectivity index (χ4v) is 4.22. The van der Waals surface area contributed by atoms with E-state index in [0.29, 0.717) is 25.4 Å². The quantitative estimate of drug-likeness (QED) is 0.392. The lowest BCUT2D eigenvalue weighted by Crippen LogP contribution is -2.39. The molecular weight excluding hydrogens is 442 g/mol. The zero-order valence-corrected chi connectivity index (χ0v) is 20.3. The second-order valence-electron chi connectivity index (χ2n) is 8.45. The van der Waals surface area contributed by atoms with Crippen molar-refractivity contribution < 1.29 is 9.47 Å². The number of rotatable bonds is 8. The Morgan fingerprint density at radius 1 is 1.20 bits per heavy atom. The highest BCUT2D eigenvalue weighted by Crippen LogP contribution is 2.28. The van der Waals surface area contributed by atoms with Gasteiger partial charge in [-0.15, -0.1) is 0 Å². The summed E-state index contributed by atoms with van der Waals surface area (Å²) < 4.78 is 11.4. The van der Waals surface area contributed by atoms with Crippen LogP contribution in [0.1, 0.15) is 17.5 Å². The Hall–Kier alpha value is -3.74. The van der Waals surface area contributed by atoms with Crippen LogP contribution in [0.3, 0.4) is 0 Å². The first-order valence-electron chi connectivity index (χ1n) is 11.8. The molecule has 1 aromatic heterocycles. The average molecular weight is 474 g/mol. The fourth-order valence-electron chi connectivity index (χ4n) is 4.22. The van der Waals surface area contributed by atoms with E-state index >= 15 is 0 Å². The summed E-state index contributed by atoms with van der Waals surface area (Å²) in [6.45, 7) is 9.35. The van der Waals surface area contributed by atoms with Gasteiger partial charge in [0.15, 0.2) is 5.82 Å². The Balaban J connectivity index is 1.55. The molecule has 2 N–H and O–H groups in total. The van der Waals surface area contributed by atoms with Crippen molar-refractivity contribution in [2.75, 3.05) is 50.9 Å². The fraction of sp³-hybridized carbons (Fsp3) is 0.385. The number of morpholine rings is 1. The van der Waals surface area contributed by atoms with Gasteiger partial charge in [0.25, 0.3) is 0 Å². The van der Waals surface area contributed by atoms with Crippen molar-refractivity contribution in [1.29, 1.82) is 5.26 Å². The molecule has 3 aromatic rings. The van der Waals surface area contributed by atoms with Crippen molar-refractivity contribution in [2.24, 2.45) is 10.7 Å². The predicted molar refractivity (Wildman–Crippen MR) is 137 cm³/mol. The molecule has 35 heavy (non-hydrogen) atoms. The number of fused-ring (bicyclic) bond motifs is 1. The molecule has 1 aliphatic heterocycles. The van der Waals surface area contributed by atoms with Crippen LogP contribution < -0.4 is 15.4 Å². The molecule has 0 bridgehead atoms. The topological polar surface area (TPSA) is 113 Å². The monoisotopic (exact) mass is 473 g/mol. The number of guanidine groups is 1. The van der Waals surface area contributed by atoms with Gasteiger partial charge in [-0.1, -0.05) is 18.2 Å². The first kappa shape index (κ1) is 24.4. The summed E-state index contributed by atoms with van der Waals surface area (Å²) in [6.07, 6.45) is 1.80. The lowest BCUT2D eigenvalue weighted by Gasteiger charge is -2.26. The van der Waals surface area contributed by atoms with Crippen LogP contribution in [-0.2, 0) is 4.74 Å². The van der Waals surface area contributed by atoms with Gasteiger partial charge in [0.1, 0.15) is 18.7 Å². The van der Waals surface area contributed by atoms with Gasteiger partial charge in [-0.25, -0.2) is 9.97 Å². The number of aryl methyl sites for hydroxylation is 2. The summed E-state index contributed by atoms with van der Waals surface area (Å²) in [5.74, 6) is 1.50. The molecule has 9 heteroatoms. The van der Waals surface area contributed by atoms with E-state index in [1.54, 1.807) is 0 Å². The third-order valence-electron chi connectivity index (χ3n) is 6.02. The summed E-state index contributed by atoms with van der Waals surface area (Å²) in [4.78, 5) is 17.6. The minimum Gasteiger partial charge on any atom is -0.492 e. The van der Waals surface area contributed by atoms with E-state index in [1.807, 2.05) is 55.1 Å². The second kappa shape index (κ2) is 11.6. The van der Waals surface area contributed by atoms with Crippen LogP contribution in [0.15, 0.2) is 47.7 Å². The molecule has 4 rings (SSSR count). The molecule has 0 radical (unpaired) electrons. The molecule has 0 aliphatic carbocycles. The van der Waals surface area contributed by atoms with Gasteiger partial charge in [-0.2, -0.15) is 10.3 Å². The normalized spacial score (nSPS) is 14.6. The van der Waals surface area contributed by atoms with E-state index in [0.717, 1.165) is 66.3 Å². The maximum atomic E-state index is 9.18. The SMILES string of the molecule is Cc1cccc(C)c1N(CCC#N)C(N)=Nc1ncnc2cc(OCCN3CCOCC3)ccc12. The zero-order chi connectivity index (χ0) is 24.6. The number of nitriles is 1. The minimum atomic E-state index is 0.281. The van der Waals surface area contributed by atoms with Crippen molar-refractivity contribution >= 4 is 28.4 Å². The van der Waals surface area contributed by atoms with E-state index in [4.69, 9.17) is 15.2 Å². The summed E-state index contributed by atoms with van der Waals surface area (Å²) in [5, 5.41) is 9.95. The number of para-hydroxylation sites is 1. The number of aromatic nitrogens is 2. The van der Waals surface area contributed by atoms with Gasteiger partial charge < -0.3 is 20.1 Å². The third-order valence-corrected chi connectivity index (χ3v) is 6.02. The van der Waals surface area contributed by atoms with E-state index in [-0.39, 0.29) is 5.96 Å². The van der Waals surface area contributed by atoms with Crippen LogP contribution in [0.5, 0.6) is 5.75 Å². The second-order valence-corrected chi connectivity index (χ2v) is 8.45. The maximum absolute atomic E-state index is 9.18. The summed E-state index contributed by atoms with van der Waals surface area (Å²) in [7, 11) is 0. The maximum Gasteiger partial charge on any atom is 0.202 e. The van der Waals surface area contributed by atoms with Crippen LogP contribution in [0.4, 0.5) is 11.5 Å². The Morgan fingerprint density at radius 3 is 2.71 bits per heavy atom. The molecule has 0 saturated carbocycles. The van der Waals surface area contributed by atoms with Gasteiger partial charge in [0.2, 0.25) is 5.96 Å². The minimum absolute atomic E-state index is 0.281. The molecular formula is C26H31N7O2. The van der Waals surface area contributed by atoms with Crippen molar-refractivity contribution in [3.8, 4) is 11.8 Å². The number of nitrogens with zero attached hydrogens (tertiary/aromatic N) is 6. The predicted octanol–water partition coefficient (Wildman–Crippen LogP) is 3.32. The largest absolute Gasteiger partial charge is 0.492 e. The summed E-state index contributed by atoms with van der Waals surface area (Å²) in [5.41, 5.74) is 10.3. The summed E-state index contributed by atoms with van der Waals surface area (Å²) in [6, 6.07) is 13.9. The van der Waals surface area contributed by atoms with Crippen molar-refractivity contribution in [1.82, 2.24) is 14.9 Å². The third kappa shape index (κ3) is 6.04. The molecule has 1 saturated heterocycles. The van der Waals surface area contributed by atoms with E-state index in [2.05, 4.69) is 25.9 Å². The standard InChI is InChI=1S/C26H31N7O2/c1-19-5-3-6-20(2)24(19)33(10-4-9-27)26(28)31-25-22-8-7-21(17-23(22)29-18-30-25)35-16-13-32-11-14-34-15-12-32/h3,5-8,17-18H,4,10-16H2,1-2H3,(H2,28,29,30,31). The highest BCUT2D eigenvalue weighted by Gasteiger charge is 2.17. The van der Waals surface area contributed by atoms with E-state index in [9.17, 15) is 5.26 Å². The molecule has 0 spiro atoms. The molecule has 182 valence electrons. The molecule has 1 fully saturated rings. The Morgan fingerprint density at radius 2 is 1.97 bits per heavy atom. The van der Waals surface area contributed by atoms with E-state index < -0.39 is 0 Å². The average Bonchev–Trinajstić information content (AvgIpc) is 2.86. The van der Waals surface area contributed by atoms with Crippen LogP contribution in [0.2, 0.25) is 0 Å². The Labute approximate surface area is 205 Å². The van der Waals surface area contributed by atoms with Gasteiger partial charge in [-0.3, -0.25) is 4.90 Å². The lowest BCUT2D eigenvalue weighted by atomic mass is 10.1. The van der Waals surface area contributed by atoms with Crippen molar-refractivity contribution in [3.63, 3.8) is 0 Å². The van der Waals surface area contributed by atoms with Gasteiger partial charge in [0.05, 0.1) is 31.2 Å². The number of aliphatic imine (C=N–C) groups is 1. The molecule has 0 unspecified atom stereocenters. The molecule has 9 nitrogen and oxygen atoms in total. The van der Waals surface area contributed by atoms with E-state index in [1.165, 1.54) is 6.33 Å². The van der Waals surface area contributed by atoms with Crippen LogP contribution in [-0.4, -0.2) is 66.8 Å². The number of benzene rings is 2. The zero-order valence-electron chi connectivity index (χ0n) is 20.3. The first-order valence-corrected chi connectivity index (χ1v) is 11.8. The smallest absolute Gasteiger partial charge is 0.202 e. The molecule has 0 atom stereocenters. The Kier molecular flexibility index (Phi) is 8.08. The Bertz CT molecular complexity index is 1210. The molecule has 0 amide bonds. The number of hydrogen-bond donors (Lipinski definition) is 1. The van der Waals surface area contributed by atoms with Crippen LogP contribution >= 0.6 is 0 Å². The van der Waals surface area contributed by atoms with Crippen LogP contribution in [0.25, 0.3) is 10.9 Å². The van der Waals surface area contributed by atoms with Crippen molar-refractivity contribution in [2.45, 2.75) is 20.3 Å². The highest BCUT2D eigenvalue weighted by atomic mass is 16.5. The van der Waals surface area contributed by atoms with Gasteiger partial charge in [0, 0.05) is 43.3 Å². The molecule has 2 heterocycles. The number of nitrogens with two attached hydrogens (primary N) is 1. The molecule has 1 aliphatic rings. The van der Waals surface area contributed by atoms with Gasteiger partial charge >= 0.3 is 0 Å². The van der Waals surface area contributed by atoms with Crippen molar-refractivity contribution in [3.05, 3.63) is 53.9 Å². The first-order chi connectivity index (χ1) is 17.1. The highest BCUT2D eigenvalue weighted by molar-refractivity contribution is 6.00. The molecule has 2 aromatic carbocycles. The van der Waals surface area contributed by atoms with Crippen LogP contribution in [0, 0.1) is 25.2 Å². The number of anilines is 1.